The van der Waals surface area contributed by atoms with Gasteiger partial charge < -0.3 is 15.2 Å². The predicted molar refractivity (Wildman–Crippen MR) is 83.9 cm³/mol. The van der Waals surface area contributed by atoms with Crippen molar-refractivity contribution in [1.29, 1.82) is 0 Å². The molecular weight excluding hydrogens is 324 g/mol. The number of methoxy groups -OCH3 is 1. The Balaban J connectivity index is 3.29. The van der Waals surface area contributed by atoms with Gasteiger partial charge in [0.2, 0.25) is 15.9 Å². The molecule has 1 amide bonds. The van der Waals surface area contributed by atoms with E-state index >= 15 is 0 Å². The molecule has 1 rings (SSSR count). The molecule has 0 aliphatic carbocycles. The normalized spacial score (nSPS) is 12.7. The largest absolute Gasteiger partial charge is 0.495 e. The van der Waals surface area contributed by atoms with Crippen LogP contribution in [0.3, 0.4) is 0 Å². The fraction of sp³-hybridized carbons (Fsp3) is 0.429. The highest BCUT2D eigenvalue weighted by Crippen LogP contribution is 2.27. The van der Waals surface area contributed by atoms with E-state index in [4.69, 9.17) is 9.84 Å². The van der Waals surface area contributed by atoms with Gasteiger partial charge >= 0.3 is 5.97 Å². The molecule has 0 saturated carbocycles. The van der Waals surface area contributed by atoms with Crippen molar-refractivity contribution in [2.45, 2.75) is 31.7 Å². The van der Waals surface area contributed by atoms with E-state index in [0.29, 0.717) is 0 Å². The Labute approximate surface area is 134 Å². The van der Waals surface area contributed by atoms with Crippen molar-refractivity contribution in [3.05, 3.63) is 18.2 Å². The van der Waals surface area contributed by atoms with Crippen LogP contribution in [-0.4, -0.2) is 38.6 Å². The van der Waals surface area contributed by atoms with Crippen LogP contribution in [0.2, 0.25) is 0 Å². The minimum atomic E-state index is -4.16. The van der Waals surface area contributed by atoms with Crippen molar-refractivity contribution in [2.75, 3.05) is 12.4 Å². The Bertz CT molecular complexity index is 699. The van der Waals surface area contributed by atoms with E-state index in [1.54, 1.807) is 13.8 Å². The number of anilines is 1. The van der Waals surface area contributed by atoms with Crippen LogP contribution in [0.1, 0.15) is 20.8 Å². The molecule has 128 valence electrons. The zero-order chi connectivity index (χ0) is 17.8. The number of carbonyl (C=O) groups excluding carboxylic acids is 1. The first kappa shape index (κ1) is 18.9. The van der Waals surface area contributed by atoms with Crippen molar-refractivity contribution in [2.24, 2.45) is 5.92 Å². The first-order valence-corrected chi connectivity index (χ1v) is 8.27. The maximum absolute atomic E-state index is 12.5. The molecule has 0 unspecified atom stereocenters. The molecule has 23 heavy (non-hydrogen) atoms. The van der Waals surface area contributed by atoms with Crippen LogP contribution in [0.25, 0.3) is 0 Å². The maximum Gasteiger partial charge on any atom is 0.322 e. The van der Waals surface area contributed by atoms with Crippen molar-refractivity contribution in [3.63, 3.8) is 0 Å². The van der Waals surface area contributed by atoms with E-state index in [1.165, 1.54) is 32.2 Å². The van der Waals surface area contributed by atoms with Crippen LogP contribution in [-0.2, 0) is 19.6 Å². The Morgan fingerprint density at radius 2 is 1.87 bits per heavy atom. The second-order valence-corrected chi connectivity index (χ2v) is 6.91. The molecule has 0 spiro atoms. The molecule has 8 nitrogen and oxygen atoms in total. The average Bonchev–Trinajstić information content (AvgIpc) is 2.43. The Hall–Kier alpha value is -2.13. The number of rotatable bonds is 7. The number of aliphatic carboxylic acids is 1. The van der Waals surface area contributed by atoms with Gasteiger partial charge in [0, 0.05) is 12.6 Å². The summed E-state index contributed by atoms with van der Waals surface area (Å²) in [5, 5.41) is 11.6. The third-order valence-corrected chi connectivity index (χ3v) is 4.45. The highest BCUT2D eigenvalue weighted by molar-refractivity contribution is 7.89. The van der Waals surface area contributed by atoms with Crippen LogP contribution < -0.4 is 14.8 Å². The van der Waals surface area contributed by atoms with Crippen LogP contribution in [0.5, 0.6) is 5.75 Å². The summed E-state index contributed by atoms with van der Waals surface area (Å²) < 4.78 is 32.2. The lowest BCUT2D eigenvalue weighted by atomic mass is 10.1. The summed E-state index contributed by atoms with van der Waals surface area (Å²) in [5.41, 5.74) is 0.259. The van der Waals surface area contributed by atoms with E-state index < -0.39 is 28.0 Å². The summed E-state index contributed by atoms with van der Waals surface area (Å²) in [6.07, 6.45) is 0. The molecular formula is C14H20N2O6S. The number of hydrogen-bond acceptors (Lipinski definition) is 5. The zero-order valence-electron chi connectivity index (χ0n) is 13.3. The number of amides is 1. The third-order valence-electron chi connectivity index (χ3n) is 2.99. The molecule has 0 bridgehead atoms. The van der Waals surface area contributed by atoms with Crippen molar-refractivity contribution in [3.8, 4) is 5.75 Å². The van der Waals surface area contributed by atoms with Gasteiger partial charge in [0.1, 0.15) is 16.7 Å². The minimum Gasteiger partial charge on any atom is -0.495 e. The fourth-order valence-electron chi connectivity index (χ4n) is 1.87. The van der Waals surface area contributed by atoms with Crippen LogP contribution >= 0.6 is 0 Å². The minimum absolute atomic E-state index is 0.0412. The van der Waals surface area contributed by atoms with Crippen molar-refractivity contribution < 1.29 is 27.9 Å². The molecule has 0 aromatic heterocycles. The predicted octanol–water partition coefficient (Wildman–Crippen LogP) is 1.04. The molecule has 0 fully saturated rings. The van der Waals surface area contributed by atoms with E-state index in [-0.39, 0.29) is 22.2 Å². The highest BCUT2D eigenvalue weighted by Gasteiger charge is 2.30. The molecule has 1 aromatic rings. The summed E-state index contributed by atoms with van der Waals surface area (Å²) in [6, 6.07) is 2.79. The van der Waals surface area contributed by atoms with Gasteiger partial charge in [-0.2, -0.15) is 4.72 Å². The number of sulfonamides is 1. The van der Waals surface area contributed by atoms with Gasteiger partial charge in [-0.1, -0.05) is 13.8 Å². The van der Waals surface area contributed by atoms with Crippen LogP contribution in [0.15, 0.2) is 23.1 Å². The number of hydrogen-bond donors (Lipinski definition) is 3. The third kappa shape index (κ3) is 4.93. The van der Waals surface area contributed by atoms with Gasteiger partial charge in [0.05, 0.1) is 7.11 Å². The first-order valence-electron chi connectivity index (χ1n) is 6.79. The molecule has 0 aliphatic heterocycles. The van der Waals surface area contributed by atoms with Crippen molar-refractivity contribution >= 4 is 27.6 Å². The Morgan fingerprint density at radius 1 is 1.26 bits per heavy atom. The van der Waals surface area contributed by atoms with Gasteiger partial charge in [-0.15, -0.1) is 0 Å². The number of carbonyl (C=O) groups is 2. The lowest BCUT2D eigenvalue weighted by Crippen LogP contribution is -2.44. The lowest BCUT2D eigenvalue weighted by molar-refractivity contribution is -0.140. The van der Waals surface area contributed by atoms with Gasteiger partial charge in [-0.3, -0.25) is 9.59 Å². The fourth-order valence-corrected chi connectivity index (χ4v) is 3.40. The number of carboxylic acid groups (broad SMARTS) is 1. The van der Waals surface area contributed by atoms with E-state index in [9.17, 15) is 18.0 Å². The second-order valence-electron chi connectivity index (χ2n) is 5.23. The molecule has 1 aromatic carbocycles. The van der Waals surface area contributed by atoms with E-state index in [2.05, 4.69) is 10.0 Å². The smallest absolute Gasteiger partial charge is 0.322 e. The Kier molecular flexibility index (Phi) is 6.11. The summed E-state index contributed by atoms with van der Waals surface area (Å²) in [7, 11) is -2.86. The van der Waals surface area contributed by atoms with Gasteiger partial charge in [-0.05, 0) is 24.1 Å². The summed E-state index contributed by atoms with van der Waals surface area (Å²) in [5.74, 6) is -2.05. The number of nitrogens with one attached hydrogen (secondary N) is 2. The average molecular weight is 344 g/mol. The topological polar surface area (TPSA) is 122 Å². The lowest BCUT2D eigenvalue weighted by Gasteiger charge is -2.19. The second kappa shape index (κ2) is 7.42. The number of benzene rings is 1. The zero-order valence-corrected chi connectivity index (χ0v) is 14.1. The number of ether oxygens (including phenoxy) is 1. The molecule has 0 heterocycles. The first-order chi connectivity index (χ1) is 10.6. The van der Waals surface area contributed by atoms with Gasteiger partial charge in [-0.25, -0.2) is 8.42 Å². The summed E-state index contributed by atoms with van der Waals surface area (Å²) in [4.78, 5) is 22.0. The van der Waals surface area contributed by atoms with Gasteiger partial charge in [0.25, 0.3) is 0 Å². The van der Waals surface area contributed by atoms with Crippen molar-refractivity contribution in [1.82, 2.24) is 4.72 Å². The molecule has 9 heteroatoms. The number of carboxylic acids is 1. The monoisotopic (exact) mass is 344 g/mol. The molecule has 0 aliphatic rings. The Morgan fingerprint density at radius 3 is 2.30 bits per heavy atom. The highest BCUT2D eigenvalue weighted by atomic mass is 32.2. The van der Waals surface area contributed by atoms with Crippen LogP contribution in [0.4, 0.5) is 5.69 Å². The van der Waals surface area contributed by atoms with E-state index in [0.717, 1.165) is 0 Å². The summed E-state index contributed by atoms with van der Waals surface area (Å²) in [6.45, 7) is 4.47. The van der Waals surface area contributed by atoms with Gasteiger partial charge in [0.15, 0.2) is 0 Å². The molecule has 0 saturated heterocycles. The summed E-state index contributed by atoms with van der Waals surface area (Å²) >= 11 is 0. The molecule has 1 atom stereocenters. The standard InChI is InChI=1S/C14H20N2O6S/c1-8(2)13(14(18)19)16-23(20,21)12-7-10(15-9(3)17)5-6-11(12)22-4/h5-8,13,16H,1-4H3,(H,15,17)(H,18,19)/t13-/m1/s1. The SMILES string of the molecule is COc1ccc(NC(C)=O)cc1S(=O)(=O)N[C@@H](C(=O)O)C(C)C. The molecule has 3 N–H and O–H groups in total. The molecule has 0 radical (unpaired) electrons. The van der Waals surface area contributed by atoms with E-state index in [1.807, 2.05) is 0 Å². The maximum atomic E-state index is 12.5. The quantitative estimate of drug-likeness (QED) is 0.679. The van der Waals surface area contributed by atoms with Crippen LogP contribution in [0, 0.1) is 5.92 Å².